The molecule has 1 unspecified atom stereocenters. The van der Waals surface area contributed by atoms with E-state index in [0.717, 1.165) is 12.8 Å². The normalized spacial score (nSPS) is 13.0. The van der Waals surface area contributed by atoms with Crippen molar-refractivity contribution in [3.63, 3.8) is 0 Å². The molecule has 0 fully saturated rings. The van der Waals surface area contributed by atoms with Crippen LogP contribution < -0.4 is 11.1 Å². The topological polar surface area (TPSA) is 78.9 Å². The predicted octanol–water partition coefficient (Wildman–Crippen LogP) is 1.17. The van der Waals surface area contributed by atoms with Gasteiger partial charge in [0.15, 0.2) is 0 Å². The van der Waals surface area contributed by atoms with E-state index >= 15 is 0 Å². The van der Waals surface area contributed by atoms with Gasteiger partial charge in [-0.05, 0) is 19.8 Å². The average Bonchev–Trinajstić information content (AvgIpc) is 2.21. The molecule has 0 aliphatic heterocycles. The molecule has 1 amide bonds. The summed E-state index contributed by atoms with van der Waals surface area (Å²) >= 11 is 0. The van der Waals surface area contributed by atoms with Gasteiger partial charge in [-0.1, -0.05) is 13.8 Å². The lowest BCUT2D eigenvalue weighted by Gasteiger charge is -2.29. The largest absolute Gasteiger partial charge is 0.352 e. The van der Waals surface area contributed by atoms with Gasteiger partial charge in [0, 0.05) is 12.6 Å². The van der Waals surface area contributed by atoms with E-state index in [4.69, 9.17) is 11.0 Å². The van der Waals surface area contributed by atoms with Crippen LogP contribution in [-0.2, 0) is 4.79 Å². The van der Waals surface area contributed by atoms with Crippen molar-refractivity contribution in [2.75, 3.05) is 6.54 Å². The van der Waals surface area contributed by atoms with E-state index in [0.29, 0.717) is 13.0 Å². The van der Waals surface area contributed by atoms with Crippen molar-refractivity contribution in [1.29, 1.82) is 5.26 Å². The molecule has 0 radical (unpaired) electrons. The third-order valence-corrected chi connectivity index (χ3v) is 3.00. The standard InChI is InChI=1S/C11H21N3O/c1-4-11(5-2,8-13)10(15)14-9(3)6-7-12/h9H,4-6,8,13H2,1-3H3,(H,14,15). The maximum Gasteiger partial charge on any atom is 0.227 e. The van der Waals surface area contributed by atoms with E-state index in [1.54, 1.807) is 0 Å². The van der Waals surface area contributed by atoms with E-state index in [-0.39, 0.29) is 11.9 Å². The van der Waals surface area contributed by atoms with E-state index in [1.165, 1.54) is 0 Å². The number of nitrogens with one attached hydrogen (secondary N) is 1. The molecule has 0 rings (SSSR count). The van der Waals surface area contributed by atoms with Crippen molar-refractivity contribution < 1.29 is 4.79 Å². The Morgan fingerprint density at radius 3 is 2.40 bits per heavy atom. The lowest BCUT2D eigenvalue weighted by molar-refractivity contribution is -0.131. The van der Waals surface area contributed by atoms with Crippen LogP contribution in [0.25, 0.3) is 0 Å². The molecule has 0 aliphatic rings. The Morgan fingerprint density at radius 2 is 2.07 bits per heavy atom. The minimum atomic E-state index is -0.469. The minimum Gasteiger partial charge on any atom is -0.352 e. The van der Waals surface area contributed by atoms with Crippen molar-refractivity contribution in [2.24, 2.45) is 11.1 Å². The molecular weight excluding hydrogens is 190 g/mol. The highest BCUT2D eigenvalue weighted by molar-refractivity contribution is 5.83. The van der Waals surface area contributed by atoms with Crippen LogP contribution in [0.1, 0.15) is 40.0 Å². The van der Waals surface area contributed by atoms with Crippen molar-refractivity contribution in [1.82, 2.24) is 5.32 Å². The Bertz CT molecular complexity index is 232. The monoisotopic (exact) mass is 211 g/mol. The number of nitrogens with zero attached hydrogens (tertiary/aromatic N) is 1. The second-order valence-electron chi connectivity index (χ2n) is 3.93. The first-order valence-electron chi connectivity index (χ1n) is 5.44. The van der Waals surface area contributed by atoms with E-state index < -0.39 is 5.41 Å². The number of carbonyl (C=O) groups excluding carboxylic acids is 1. The first-order valence-corrected chi connectivity index (χ1v) is 5.44. The second kappa shape index (κ2) is 6.41. The van der Waals surface area contributed by atoms with Gasteiger partial charge in [0.05, 0.1) is 17.9 Å². The third-order valence-electron chi connectivity index (χ3n) is 3.00. The lowest BCUT2D eigenvalue weighted by atomic mass is 9.81. The van der Waals surface area contributed by atoms with Crippen molar-refractivity contribution in [2.45, 2.75) is 46.1 Å². The zero-order valence-corrected chi connectivity index (χ0v) is 9.84. The summed E-state index contributed by atoms with van der Waals surface area (Å²) in [6, 6.07) is 1.93. The summed E-state index contributed by atoms with van der Waals surface area (Å²) in [5, 5.41) is 11.3. The van der Waals surface area contributed by atoms with Gasteiger partial charge in [-0.3, -0.25) is 4.79 Å². The van der Waals surface area contributed by atoms with Crippen LogP contribution in [0.3, 0.4) is 0 Å². The summed E-state index contributed by atoms with van der Waals surface area (Å²) < 4.78 is 0. The Balaban J connectivity index is 4.46. The second-order valence-corrected chi connectivity index (χ2v) is 3.93. The Labute approximate surface area is 91.8 Å². The molecular formula is C11H21N3O. The Morgan fingerprint density at radius 1 is 1.53 bits per heavy atom. The molecule has 86 valence electrons. The predicted molar refractivity (Wildman–Crippen MR) is 59.9 cm³/mol. The molecule has 0 bridgehead atoms. The van der Waals surface area contributed by atoms with Crippen molar-refractivity contribution >= 4 is 5.91 Å². The number of rotatable bonds is 6. The molecule has 0 aromatic rings. The van der Waals surface area contributed by atoms with Gasteiger partial charge in [-0.2, -0.15) is 5.26 Å². The number of hydrogen-bond donors (Lipinski definition) is 2. The van der Waals surface area contributed by atoms with Gasteiger partial charge in [-0.25, -0.2) is 0 Å². The molecule has 3 N–H and O–H groups in total. The Hall–Kier alpha value is -1.08. The zero-order valence-electron chi connectivity index (χ0n) is 9.84. The van der Waals surface area contributed by atoms with Crippen LogP contribution in [0.5, 0.6) is 0 Å². The summed E-state index contributed by atoms with van der Waals surface area (Å²) in [6.07, 6.45) is 1.79. The van der Waals surface area contributed by atoms with Crippen LogP contribution in [0, 0.1) is 16.7 Å². The molecule has 1 atom stereocenters. The average molecular weight is 211 g/mol. The van der Waals surface area contributed by atoms with Crippen LogP contribution >= 0.6 is 0 Å². The highest BCUT2D eigenvalue weighted by Gasteiger charge is 2.33. The summed E-state index contributed by atoms with van der Waals surface area (Å²) in [7, 11) is 0. The number of hydrogen-bond acceptors (Lipinski definition) is 3. The molecule has 0 spiro atoms. The fraction of sp³-hybridized carbons (Fsp3) is 0.818. The summed E-state index contributed by atoms with van der Waals surface area (Å²) in [6.45, 7) is 6.11. The molecule has 0 aliphatic carbocycles. The molecule has 0 heterocycles. The molecule has 0 saturated carbocycles. The molecule has 0 aromatic carbocycles. The van der Waals surface area contributed by atoms with Crippen LogP contribution in [0.15, 0.2) is 0 Å². The number of amides is 1. The van der Waals surface area contributed by atoms with Gasteiger partial charge >= 0.3 is 0 Å². The van der Waals surface area contributed by atoms with Crippen molar-refractivity contribution in [3.05, 3.63) is 0 Å². The lowest BCUT2D eigenvalue weighted by Crippen LogP contribution is -2.48. The fourth-order valence-electron chi connectivity index (χ4n) is 1.52. The van der Waals surface area contributed by atoms with Gasteiger partial charge in [0.25, 0.3) is 0 Å². The quantitative estimate of drug-likeness (QED) is 0.692. The highest BCUT2D eigenvalue weighted by atomic mass is 16.2. The number of nitriles is 1. The molecule has 15 heavy (non-hydrogen) atoms. The van der Waals surface area contributed by atoms with Gasteiger partial charge < -0.3 is 11.1 Å². The van der Waals surface area contributed by atoms with E-state index in [1.807, 2.05) is 26.8 Å². The number of nitrogens with two attached hydrogens (primary N) is 1. The third kappa shape index (κ3) is 3.52. The van der Waals surface area contributed by atoms with E-state index in [2.05, 4.69) is 5.32 Å². The van der Waals surface area contributed by atoms with Gasteiger partial charge in [-0.15, -0.1) is 0 Å². The van der Waals surface area contributed by atoms with Crippen LogP contribution in [0.2, 0.25) is 0 Å². The first-order chi connectivity index (χ1) is 7.06. The van der Waals surface area contributed by atoms with Crippen LogP contribution in [-0.4, -0.2) is 18.5 Å². The number of carbonyl (C=O) groups is 1. The maximum atomic E-state index is 11.9. The minimum absolute atomic E-state index is 0.0299. The first kappa shape index (κ1) is 13.9. The van der Waals surface area contributed by atoms with E-state index in [9.17, 15) is 4.79 Å². The van der Waals surface area contributed by atoms with Gasteiger partial charge in [0.1, 0.15) is 0 Å². The fourth-order valence-corrected chi connectivity index (χ4v) is 1.52. The molecule has 0 saturated heterocycles. The summed E-state index contributed by atoms with van der Waals surface area (Å²) in [4.78, 5) is 11.9. The molecule has 4 heteroatoms. The highest BCUT2D eigenvalue weighted by Crippen LogP contribution is 2.25. The molecule has 4 nitrogen and oxygen atoms in total. The van der Waals surface area contributed by atoms with Crippen molar-refractivity contribution in [3.8, 4) is 6.07 Å². The smallest absolute Gasteiger partial charge is 0.227 e. The molecule has 0 aromatic heterocycles. The maximum absolute atomic E-state index is 11.9. The zero-order chi connectivity index (χ0) is 11.9. The Kier molecular flexibility index (Phi) is 5.95. The van der Waals surface area contributed by atoms with Gasteiger partial charge in [0.2, 0.25) is 5.91 Å². The summed E-state index contributed by atoms with van der Waals surface area (Å²) in [5.41, 5.74) is 5.19. The SMILES string of the molecule is CCC(CC)(CN)C(=O)NC(C)CC#N. The summed E-state index contributed by atoms with van der Waals surface area (Å²) in [5.74, 6) is -0.0299. The van der Waals surface area contributed by atoms with Crippen LogP contribution in [0.4, 0.5) is 0 Å².